The van der Waals surface area contributed by atoms with Crippen LogP contribution in [0.15, 0.2) is 24.4 Å². The fourth-order valence-electron chi connectivity index (χ4n) is 3.18. The molecule has 0 N–H and O–H groups in total. The standard InChI is InChI=1S/C16H24N4O2/c1-18(2)7-8-19-9-10-22-15-12-20(11-14(15)19)16(21)13-5-3-4-6-17-13/h3-6,14-15H,7-12H2,1-2H3/t14-,15+/m1/s1. The van der Waals surface area contributed by atoms with E-state index < -0.39 is 0 Å². The first kappa shape index (κ1) is 15.4. The molecule has 0 radical (unpaired) electrons. The minimum Gasteiger partial charge on any atom is -0.373 e. The van der Waals surface area contributed by atoms with Gasteiger partial charge in [0.05, 0.1) is 18.8 Å². The summed E-state index contributed by atoms with van der Waals surface area (Å²) in [6.45, 7) is 5.13. The summed E-state index contributed by atoms with van der Waals surface area (Å²) in [6.07, 6.45) is 1.79. The van der Waals surface area contributed by atoms with Crippen LogP contribution in [0.25, 0.3) is 0 Å². The van der Waals surface area contributed by atoms with Crippen molar-refractivity contribution >= 4 is 5.91 Å². The molecule has 1 aromatic rings. The van der Waals surface area contributed by atoms with Crippen LogP contribution in [-0.4, -0.2) is 91.2 Å². The van der Waals surface area contributed by atoms with E-state index in [1.54, 1.807) is 12.3 Å². The summed E-state index contributed by atoms with van der Waals surface area (Å²) in [5.74, 6) is 0.00570. The molecular formula is C16H24N4O2. The summed E-state index contributed by atoms with van der Waals surface area (Å²) >= 11 is 0. The number of rotatable bonds is 4. The Kier molecular flexibility index (Phi) is 4.71. The molecular weight excluding hydrogens is 280 g/mol. The van der Waals surface area contributed by atoms with Crippen molar-refractivity contribution in [2.45, 2.75) is 12.1 Å². The molecule has 0 aliphatic carbocycles. The average Bonchev–Trinajstić information content (AvgIpc) is 2.97. The highest BCUT2D eigenvalue weighted by atomic mass is 16.5. The van der Waals surface area contributed by atoms with Crippen molar-refractivity contribution in [2.75, 3.05) is 53.4 Å². The molecule has 0 spiro atoms. The number of pyridine rings is 1. The smallest absolute Gasteiger partial charge is 0.272 e. The summed E-state index contributed by atoms with van der Waals surface area (Å²) in [5.41, 5.74) is 0.515. The van der Waals surface area contributed by atoms with Gasteiger partial charge >= 0.3 is 0 Å². The van der Waals surface area contributed by atoms with Crippen LogP contribution >= 0.6 is 0 Å². The van der Waals surface area contributed by atoms with Crippen molar-refractivity contribution in [1.82, 2.24) is 19.7 Å². The zero-order valence-corrected chi connectivity index (χ0v) is 13.3. The van der Waals surface area contributed by atoms with Gasteiger partial charge in [0.25, 0.3) is 5.91 Å². The second-order valence-electron chi connectivity index (χ2n) is 6.24. The zero-order valence-electron chi connectivity index (χ0n) is 13.3. The minimum absolute atomic E-state index is 0.00570. The van der Waals surface area contributed by atoms with E-state index in [0.29, 0.717) is 18.3 Å². The molecule has 1 aromatic heterocycles. The normalized spacial score (nSPS) is 25.5. The second-order valence-corrected chi connectivity index (χ2v) is 6.24. The fourth-order valence-corrected chi connectivity index (χ4v) is 3.18. The SMILES string of the molecule is CN(C)CCN1CCO[C@H]2CN(C(=O)c3ccccn3)C[C@H]21. The van der Waals surface area contributed by atoms with Crippen LogP contribution in [-0.2, 0) is 4.74 Å². The number of ether oxygens (including phenoxy) is 1. The van der Waals surface area contributed by atoms with Crippen LogP contribution in [0.4, 0.5) is 0 Å². The Morgan fingerprint density at radius 3 is 3.00 bits per heavy atom. The van der Waals surface area contributed by atoms with Gasteiger partial charge in [-0.2, -0.15) is 0 Å². The number of hydrogen-bond donors (Lipinski definition) is 0. The number of carbonyl (C=O) groups is 1. The summed E-state index contributed by atoms with van der Waals surface area (Å²) < 4.78 is 5.89. The summed E-state index contributed by atoms with van der Waals surface area (Å²) in [6, 6.07) is 5.76. The predicted octanol–water partition coefficient (Wildman–Crippen LogP) is 0.168. The van der Waals surface area contributed by atoms with Gasteiger partial charge < -0.3 is 14.5 Å². The lowest BCUT2D eigenvalue weighted by Gasteiger charge is -2.37. The van der Waals surface area contributed by atoms with Gasteiger partial charge in [-0.05, 0) is 26.2 Å². The Bertz CT molecular complexity index is 508. The van der Waals surface area contributed by atoms with E-state index >= 15 is 0 Å². The monoisotopic (exact) mass is 304 g/mol. The van der Waals surface area contributed by atoms with E-state index in [9.17, 15) is 4.79 Å². The number of nitrogens with zero attached hydrogens (tertiary/aromatic N) is 4. The molecule has 2 fully saturated rings. The molecule has 3 rings (SSSR count). The Hall–Kier alpha value is -1.50. The molecule has 0 bridgehead atoms. The van der Waals surface area contributed by atoms with Crippen molar-refractivity contribution in [3.05, 3.63) is 30.1 Å². The minimum atomic E-state index is 0.00570. The highest BCUT2D eigenvalue weighted by molar-refractivity contribution is 5.92. The van der Waals surface area contributed by atoms with Crippen LogP contribution in [0.3, 0.4) is 0 Å². The second kappa shape index (κ2) is 6.73. The molecule has 1 amide bonds. The molecule has 2 aliphatic heterocycles. The molecule has 0 unspecified atom stereocenters. The van der Waals surface area contributed by atoms with Gasteiger partial charge in [0.1, 0.15) is 5.69 Å². The van der Waals surface area contributed by atoms with E-state index in [2.05, 4.69) is 28.9 Å². The number of amides is 1. The lowest BCUT2D eigenvalue weighted by molar-refractivity contribution is -0.0482. The Balaban J connectivity index is 1.65. The highest BCUT2D eigenvalue weighted by Gasteiger charge is 2.41. The lowest BCUT2D eigenvalue weighted by atomic mass is 10.1. The van der Waals surface area contributed by atoms with Gasteiger partial charge in [-0.25, -0.2) is 0 Å². The first-order valence-corrected chi connectivity index (χ1v) is 7.86. The number of likely N-dealkylation sites (tertiary alicyclic amines) is 1. The molecule has 0 aromatic carbocycles. The van der Waals surface area contributed by atoms with Crippen molar-refractivity contribution in [3.8, 4) is 0 Å². The zero-order chi connectivity index (χ0) is 15.5. The number of carbonyl (C=O) groups excluding carboxylic acids is 1. The van der Waals surface area contributed by atoms with Crippen molar-refractivity contribution in [3.63, 3.8) is 0 Å². The van der Waals surface area contributed by atoms with E-state index in [4.69, 9.17) is 4.74 Å². The molecule has 6 heteroatoms. The van der Waals surface area contributed by atoms with E-state index in [1.165, 1.54) is 0 Å². The van der Waals surface area contributed by atoms with Crippen LogP contribution in [0.2, 0.25) is 0 Å². The largest absolute Gasteiger partial charge is 0.373 e. The Morgan fingerprint density at radius 1 is 1.41 bits per heavy atom. The Labute approximate surface area is 131 Å². The number of fused-ring (bicyclic) bond motifs is 1. The maximum atomic E-state index is 12.5. The third kappa shape index (κ3) is 3.29. The Morgan fingerprint density at radius 2 is 2.27 bits per heavy atom. The molecule has 6 nitrogen and oxygen atoms in total. The van der Waals surface area contributed by atoms with Crippen molar-refractivity contribution < 1.29 is 9.53 Å². The topological polar surface area (TPSA) is 48.9 Å². The van der Waals surface area contributed by atoms with Crippen LogP contribution < -0.4 is 0 Å². The van der Waals surface area contributed by atoms with E-state index in [1.807, 2.05) is 17.0 Å². The van der Waals surface area contributed by atoms with Gasteiger partial charge in [0.15, 0.2) is 0 Å². The molecule has 0 saturated carbocycles. The average molecular weight is 304 g/mol. The third-order valence-electron chi connectivity index (χ3n) is 4.42. The molecule has 120 valence electrons. The van der Waals surface area contributed by atoms with E-state index in [-0.39, 0.29) is 12.0 Å². The first-order chi connectivity index (χ1) is 10.6. The van der Waals surface area contributed by atoms with E-state index in [0.717, 1.165) is 32.8 Å². The molecule has 22 heavy (non-hydrogen) atoms. The van der Waals surface area contributed by atoms with Crippen LogP contribution in [0.5, 0.6) is 0 Å². The van der Waals surface area contributed by atoms with Gasteiger partial charge in [-0.15, -0.1) is 0 Å². The number of likely N-dealkylation sites (N-methyl/N-ethyl adjacent to an activating group) is 1. The summed E-state index contributed by atoms with van der Waals surface area (Å²) in [7, 11) is 4.17. The maximum Gasteiger partial charge on any atom is 0.272 e. The van der Waals surface area contributed by atoms with Gasteiger partial charge in [-0.3, -0.25) is 14.7 Å². The van der Waals surface area contributed by atoms with Gasteiger partial charge in [0, 0.05) is 38.9 Å². The molecule has 2 saturated heterocycles. The number of aromatic nitrogens is 1. The number of hydrogen-bond acceptors (Lipinski definition) is 5. The maximum absolute atomic E-state index is 12.5. The third-order valence-corrected chi connectivity index (χ3v) is 4.42. The van der Waals surface area contributed by atoms with Gasteiger partial charge in [0.2, 0.25) is 0 Å². The summed E-state index contributed by atoms with van der Waals surface area (Å²) in [4.78, 5) is 23.2. The lowest BCUT2D eigenvalue weighted by Crippen LogP contribution is -2.52. The fraction of sp³-hybridized carbons (Fsp3) is 0.625. The molecule has 2 aliphatic rings. The molecule has 3 heterocycles. The van der Waals surface area contributed by atoms with Crippen LogP contribution in [0.1, 0.15) is 10.5 Å². The summed E-state index contributed by atoms with van der Waals surface area (Å²) in [5, 5.41) is 0. The molecule has 2 atom stereocenters. The van der Waals surface area contributed by atoms with Crippen LogP contribution in [0, 0.1) is 0 Å². The van der Waals surface area contributed by atoms with Crippen molar-refractivity contribution in [1.29, 1.82) is 0 Å². The van der Waals surface area contributed by atoms with Crippen molar-refractivity contribution in [2.24, 2.45) is 0 Å². The quantitative estimate of drug-likeness (QED) is 0.793. The first-order valence-electron chi connectivity index (χ1n) is 7.86. The van der Waals surface area contributed by atoms with Gasteiger partial charge in [-0.1, -0.05) is 6.07 Å². The predicted molar refractivity (Wildman–Crippen MR) is 83.8 cm³/mol. The number of morpholine rings is 1. The highest BCUT2D eigenvalue weighted by Crippen LogP contribution is 2.23.